The Morgan fingerprint density at radius 2 is 1.37 bits per heavy atom. The molecule has 1 aromatic carbocycles. The van der Waals surface area contributed by atoms with Gasteiger partial charge in [0.1, 0.15) is 0 Å². The Balaban J connectivity index is 0.0000001000. The van der Waals surface area contributed by atoms with Gasteiger partial charge in [-0.25, -0.2) is 4.98 Å². The highest BCUT2D eigenvalue weighted by molar-refractivity contribution is 5.81. The molecule has 6 aromatic rings. The second-order valence-electron chi connectivity index (χ2n) is 5.73. The van der Waals surface area contributed by atoms with Crippen LogP contribution < -0.4 is 0 Å². The summed E-state index contributed by atoms with van der Waals surface area (Å²) in [5.41, 5.74) is 1.83. The predicted octanol–water partition coefficient (Wildman–Crippen LogP) is 4.08. The summed E-state index contributed by atoms with van der Waals surface area (Å²) in [5, 5.41) is 17.9. The van der Waals surface area contributed by atoms with E-state index < -0.39 is 0 Å². The first-order valence-electron chi connectivity index (χ1n) is 8.39. The molecule has 0 bridgehead atoms. The van der Waals surface area contributed by atoms with Crippen LogP contribution in [0.4, 0.5) is 0 Å². The Hall–Kier alpha value is -4.00. The van der Waals surface area contributed by atoms with E-state index in [4.69, 9.17) is 0 Å². The molecule has 6 rings (SSSR count). The Kier molecular flexibility index (Phi) is 4.83. The first kappa shape index (κ1) is 16.5. The first-order valence-corrected chi connectivity index (χ1v) is 8.39. The van der Waals surface area contributed by atoms with E-state index in [0.29, 0.717) is 0 Å². The molecule has 5 heterocycles. The number of fused-ring (bicyclic) bond motifs is 3. The van der Waals surface area contributed by atoms with Crippen molar-refractivity contribution >= 4 is 32.7 Å². The molecule has 0 aliphatic carbocycles. The van der Waals surface area contributed by atoms with Crippen LogP contribution in [0.5, 0.6) is 0 Å². The van der Waals surface area contributed by atoms with Crippen molar-refractivity contribution in [2.75, 3.05) is 0 Å². The van der Waals surface area contributed by atoms with Gasteiger partial charge in [0, 0.05) is 35.6 Å². The van der Waals surface area contributed by atoms with Gasteiger partial charge in [0.15, 0.2) is 5.65 Å². The average Bonchev–Trinajstić information content (AvgIpc) is 3.48. The SMILES string of the molecule is c1cc2cn[nH]c2cn1.c1ccc2c[nH]cc2c1.c1cnc2[nH]ncc2c1. The lowest BCUT2D eigenvalue weighted by atomic mass is 10.2. The molecule has 0 radical (unpaired) electrons. The fraction of sp³-hybridized carbons (Fsp3) is 0. The molecule has 0 aliphatic rings. The van der Waals surface area contributed by atoms with Gasteiger partial charge in [0.2, 0.25) is 0 Å². The Labute approximate surface area is 154 Å². The third kappa shape index (κ3) is 3.98. The van der Waals surface area contributed by atoms with E-state index in [1.165, 1.54) is 10.8 Å². The lowest BCUT2D eigenvalue weighted by molar-refractivity contribution is 1.10. The topological polar surface area (TPSA) is 98.9 Å². The Morgan fingerprint density at radius 1 is 0.630 bits per heavy atom. The fourth-order valence-electron chi connectivity index (χ4n) is 2.56. The number of aromatic amines is 3. The third-order valence-corrected chi connectivity index (χ3v) is 3.93. The molecule has 7 nitrogen and oxygen atoms in total. The van der Waals surface area contributed by atoms with Gasteiger partial charge < -0.3 is 4.98 Å². The van der Waals surface area contributed by atoms with E-state index >= 15 is 0 Å². The fourth-order valence-corrected chi connectivity index (χ4v) is 2.56. The molecule has 0 unspecified atom stereocenters. The highest BCUT2D eigenvalue weighted by Crippen LogP contribution is 2.10. The second-order valence-corrected chi connectivity index (χ2v) is 5.73. The zero-order valence-electron chi connectivity index (χ0n) is 14.4. The third-order valence-electron chi connectivity index (χ3n) is 3.93. The molecule has 27 heavy (non-hydrogen) atoms. The largest absolute Gasteiger partial charge is 0.366 e. The van der Waals surface area contributed by atoms with Crippen LogP contribution in [0.3, 0.4) is 0 Å². The van der Waals surface area contributed by atoms with Crippen molar-refractivity contribution in [2.24, 2.45) is 0 Å². The predicted molar refractivity (Wildman–Crippen MR) is 106 cm³/mol. The van der Waals surface area contributed by atoms with Crippen molar-refractivity contribution < 1.29 is 0 Å². The Bertz CT molecular complexity index is 1000. The monoisotopic (exact) mass is 355 g/mol. The van der Waals surface area contributed by atoms with Gasteiger partial charge in [-0.3, -0.25) is 15.2 Å². The second kappa shape index (κ2) is 7.92. The quantitative estimate of drug-likeness (QED) is 0.382. The van der Waals surface area contributed by atoms with Crippen molar-refractivity contribution in [1.29, 1.82) is 0 Å². The molecule has 7 heteroatoms. The number of hydrogen-bond donors (Lipinski definition) is 3. The molecule has 3 N–H and O–H groups in total. The maximum absolute atomic E-state index is 4.02. The number of nitrogens with zero attached hydrogens (tertiary/aromatic N) is 4. The summed E-state index contributed by atoms with van der Waals surface area (Å²) in [6.45, 7) is 0. The van der Waals surface area contributed by atoms with Gasteiger partial charge in [-0.2, -0.15) is 10.2 Å². The number of hydrogen-bond acceptors (Lipinski definition) is 4. The zero-order chi connectivity index (χ0) is 18.3. The lowest BCUT2D eigenvalue weighted by Gasteiger charge is -1.81. The van der Waals surface area contributed by atoms with Crippen molar-refractivity contribution in [3.63, 3.8) is 0 Å². The number of H-pyrrole nitrogens is 3. The summed E-state index contributed by atoms with van der Waals surface area (Å²) in [6, 6.07) is 14.0. The highest BCUT2D eigenvalue weighted by atomic mass is 15.1. The standard InChI is InChI=1S/C8H7N.2C6H5N3/c1-2-4-8-6-9-5-7(8)3-1;1-2-7-4-6-5(1)3-8-9-6;1-2-5-4-8-9-6(5)7-3-1/h1-6,9H;1-4H,(H,8,9);1-4H,(H,7,8,9). The van der Waals surface area contributed by atoms with Crippen molar-refractivity contribution in [3.05, 3.63) is 85.8 Å². The highest BCUT2D eigenvalue weighted by Gasteiger charge is 1.90. The molecule has 0 saturated heterocycles. The Morgan fingerprint density at radius 3 is 2.15 bits per heavy atom. The summed E-state index contributed by atoms with van der Waals surface area (Å²) in [6.07, 6.45) is 12.8. The minimum absolute atomic E-state index is 0.845. The van der Waals surface area contributed by atoms with Crippen LogP contribution in [-0.4, -0.2) is 35.3 Å². The van der Waals surface area contributed by atoms with Gasteiger partial charge >= 0.3 is 0 Å². The minimum atomic E-state index is 0.845. The van der Waals surface area contributed by atoms with Crippen LogP contribution in [0.1, 0.15) is 0 Å². The molecule has 132 valence electrons. The number of nitrogens with one attached hydrogen (secondary N) is 3. The molecular formula is C20H17N7. The first-order chi connectivity index (χ1) is 13.4. The molecule has 0 aliphatic heterocycles. The molecular weight excluding hydrogens is 338 g/mol. The van der Waals surface area contributed by atoms with Crippen LogP contribution in [0.15, 0.2) is 85.8 Å². The number of pyridine rings is 2. The summed E-state index contributed by atoms with van der Waals surface area (Å²) in [7, 11) is 0. The summed E-state index contributed by atoms with van der Waals surface area (Å²) < 4.78 is 0. The van der Waals surface area contributed by atoms with E-state index in [9.17, 15) is 0 Å². The van der Waals surface area contributed by atoms with Crippen molar-refractivity contribution in [2.45, 2.75) is 0 Å². The normalized spacial score (nSPS) is 10.2. The van der Waals surface area contributed by atoms with Crippen LogP contribution in [0, 0.1) is 0 Å². The molecule has 0 atom stereocenters. The molecule has 0 spiro atoms. The summed E-state index contributed by atoms with van der Waals surface area (Å²) in [4.78, 5) is 11.0. The smallest absolute Gasteiger partial charge is 0.155 e. The molecule has 5 aromatic heterocycles. The number of rotatable bonds is 0. The lowest BCUT2D eigenvalue weighted by Crippen LogP contribution is -1.71. The van der Waals surface area contributed by atoms with Gasteiger partial charge in [0.25, 0.3) is 0 Å². The van der Waals surface area contributed by atoms with E-state index in [0.717, 1.165) is 21.9 Å². The van der Waals surface area contributed by atoms with Gasteiger partial charge in [-0.05, 0) is 29.0 Å². The van der Waals surface area contributed by atoms with Crippen LogP contribution in [0.25, 0.3) is 32.7 Å². The number of aromatic nitrogens is 7. The van der Waals surface area contributed by atoms with Crippen LogP contribution in [-0.2, 0) is 0 Å². The van der Waals surface area contributed by atoms with Gasteiger partial charge in [-0.15, -0.1) is 0 Å². The van der Waals surface area contributed by atoms with Crippen molar-refractivity contribution in [1.82, 2.24) is 35.3 Å². The van der Waals surface area contributed by atoms with E-state index in [-0.39, 0.29) is 0 Å². The maximum Gasteiger partial charge on any atom is 0.155 e. The average molecular weight is 355 g/mol. The van der Waals surface area contributed by atoms with Crippen molar-refractivity contribution in [3.8, 4) is 0 Å². The van der Waals surface area contributed by atoms with Gasteiger partial charge in [0.05, 0.1) is 24.1 Å². The van der Waals surface area contributed by atoms with E-state index in [1.807, 2.05) is 42.7 Å². The van der Waals surface area contributed by atoms with E-state index in [2.05, 4.69) is 47.5 Å². The summed E-state index contributed by atoms with van der Waals surface area (Å²) in [5.74, 6) is 0. The summed E-state index contributed by atoms with van der Waals surface area (Å²) >= 11 is 0. The van der Waals surface area contributed by atoms with Crippen LogP contribution in [0.2, 0.25) is 0 Å². The molecule has 0 saturated carbocycles. The minimum Gasteiger partial charge on any atom is -0.366 e. The van der Waals surface area contributed by atoms with E-state index in [1.54, 1.807) is 31.0 Å². The molecule has 0 amide bonds. The van der Waals surface area contributed by atoms with Crippen LogP contribution >= 0.6 is 0 Å². The zero-order valence-corrected chi connectivity index (χ0v) is 14.4. The maximum atomic E-state index is 4.02. The number of benzene rings is 1. The molecule has 0 fully saturated rings. The van der Waals surface area contributed by atoms with Gasteiger partial charge in [-0.1, -0.05) is 24.3 Å².